The molecule has 2 aromatic carbocycles. The van der Waals surface area contributed by atoms with Crippen LogP contribution in [0.2, 0.25) is 0 Å². The Morgan fingerprint density at radius 1 is 1.10 bits per heavy atom. The highest BCUT2D eigenvalue weighted by Gasteiger charge is 2.12. The quantitative estimate of drug-likeness (QED) is 0.559. The van der Waals surface area contributed by atoms with E-state index < -0.39 is 0 Å². The molecule has 0 N–H and O–H groups in total. The Labute approximate surface area is 141 Å². The number of alkyl halides is 1. The fourth-order valence-corrected chi connectivity index (χ4v) is 3.26. The second kappa shape index (κ2) is 7.48. The van der Waals surface area contributed by atoms with E-state index in [1.54, 1.807) is 7.11 Å². The molecule has 0 aliphatic carbocycles. The van der Waals surface area contributed by atoms with Crippen molar-refractivity contribution in [1.29, 1.82) is 0 Å². The summed E-state index contributed by atoms with van der Waals surface area (Å²) in [6, 6.07) is 14.5. The number of rotatable bonds is 5. The van der Waals surface area contributed by atoms with E-state index in [-0.39, 0.29) is 0 Å². The van der Waals surface area contributed by atoms with Crippen molar-refractivity contribution in [1.82, 2.24) is 0 Å². The fraction of sp³-hybridized carbons (Fsp3) is 0.250. The summed E-state index contributed by atoms with van der Waals surface area (Å²) in [6.07, 6.45) is 0.910. The molecule has 20 heavy (non-hydrogen) atoms. The minimum atomic E-state index is 0.310. The van der Waals surface area contributed by atoms with E-state index in [1.165, 1.54) is 11.1 Å². The number of halogens is 3. The minimum Gasteiger partial charge on any atom is -0.496 e. The number of hydrogen-bond acceptors (Lipinski definition) is 1. The van der Waals surface area contributed by atoms with Crippen molar-refractivity contribution in [3.63, 3.8) is 0 Å². The lowest BCUT2D eigenvalue weighted by Crippen LogP contribution is -2.04. The van der Waals surface area contributed by atoms with Gasteiger partial charge in [0.15, 0.2) is 0 Å². The van der Waals surface area contributed by atoms with Crippen molar-refractivity contribution >= 4 is 43.5 Å². The van der Waals surface area contributed by atoms with E-state index in [0.717, 1.165) is 21.1 Å². The molecule has 0 bridgehead atoms. The van der Waals surface area contributed by atoms with Crippen LogP contribution in [0.15, 0.2) is 51.4 Å². The average Bonchev–Trinajstić information content (AvgIpc) is 2.46. The molecule has 0 fully saturated rings. The van der Waals surface area contributed by atoms with Crippen molar-refractivity contribution in [3.05, 3.63) is 62.5 Å². The lowest BCUT2D eigenvalue weighted by molar-refractivity contribution is 0.412. The lowest BCUT2D eigenvalue weighted by Gasteiger charge is -2.15. The lowest BCUT2D eigenvalue weighted by atomic mass is 9.93. The van der Waals surface area contributed by atoms with Crippen LogP contribution in [0.5, 0.6) is 5.75 Å². The van der Waals surface area contributed by atoms with Gasteiger partial charge in [0.2, 0.25) is 0 Å². The first-order valence-corrected chi connectivity index (χ1v) is 8.40. The summed E-state index contributed by atoms with van der Waals surface area (Å²) in [7, 11) is 1.67. The van der Waals surface area contributed by atoms with Crippen LogP contribution in [-0.2, 0) is 6.42 Å². The summed E-state index contributed by atoms with van der Waals surface area (Å²) in [4.78, 5) is 0. The standard InChI is InChI=1S/C16H15Br2ClO/c1-20-16-7-2-11(9-15(16)18)8-13(10-19)12-3-5-14(17)6-4-12/h2-7,9,13H,8,10H2,1H3. The molecule has 1 atom stereocenters. The number of ether oxygens (including phenoxy) is 1. The second-order valence-corrected chi connectivity index (χ2v) is 6.65. The third-order valence-corrected chi connectivity index (χ3v) is 4.75. The summed E-state index contributed by atoms with van der Waals surface area (Å²) in [6.45, 7) is 0. The summed E-state index contributed by atoms with van der Waals surface area (Å²) in [5.74, 6) is 1.76. The second-order valence-electron chi connectivity index (χ2n) is 4.58. The molecule has 106 valence electrons. The van der Waals surface area contributed by atoms with Gasteiger partial charge >= 0.3 is 0 Å². The molecule has 0 spiro atoms. The van der Waals surface area contributed by atoms with Gasteiger partial charge in [0.05, 0.1) is 11.6 Å². The van der Waals surface area contributed by atoms with Crippen molar-refractivity contribution < 1.29 is 4.74 Å². The molecule has 4 heteroatoms. The molecule has 0 heterocycles. The molecular weight excluding hydrogens is 403 g/mol. The molecular formula is C16H15Br2ClO. The molecule has 0 radical (unpaired) electrons. The van der Waals surface area contributed by atoms with Gasteiger partial charge in [0.1, 0.15) is 5.75 Å². The third-order valence-electron chi connectivity index (χ3n) is 3.23. The molecule has 2 rings (SSSR count). The van der Waals surface area contributed by atoms with E-state index in [9.17, 15) is 0 Å². The first kappa shape index (κ1) is 15.9. The van der Waals surface area contributed by atoms with Gasteiger partial charge in [-0.2, -0.15) is 0 Å². The number of benzene rings is 2. The molecule has 0 saturated heterocycles. The predicted octanol–water partition coefficient (Wildman–Crippen LogP) is 5.79. The van der Waals surface area contributed by atoms with Crippen LogP contribution >= 0.6 is 43.5 Å². The highest BCUT2D eigenvalue weighted by molar-refractivity contribution is 9.10. The van der Waals surface area contributed by atoms with Gasteiger partial charge in [-0.1, -0.05) is 34.1 Å². The van der Waals surface area contributed by atoms with Crippen LogP contribution in [0, 0.1) is 0 Å². The minimum absolute atomic E-state index is 0.310. The highest BCUT2D eigenvalue weighted by atomic mass is 79.9. The van der Waals surface area contributed by atoms with E-state index in [1.807, 2.05) is 6.07 Å². The van der Waals surface area contributed by atoms with Gasteiger partial charge in [-0.05, 0) is 57.7 Å². The fourth-order valence-electron chi connectivity index (χ4n) is 2.12. The molecule has 2 aromatic rings. The van der Waals surface area contributed by atoms with Crippen molar-refractivity contribution in [2.45, 2.75) is 12.3 Å². The van der Waals surface area contributed by atoms with Crippen molar-refractivity contribution in [3.8, 4) is 5.75 Å². The Balaban J connectivity index is 2.17. The van der Waals surface area contributed by atoms with Gasteiger partial charge in [0.25, 0.3) is 0 Å². The van der Waals surface area contributed by atoms with Crippen LogP contribution in [0.25, 0.3) is 0 Å². The molecule has 0 aliphatic rings. The normalized spacial score (nSPS) is 12.2. The van der Waals surface area contributed by atoms with Gasteiger partial charge in [-0.3, -0.25) is 0 Å². The van der Waals surface area contributed by atoms with Crippen LogP contribution in [-0.4, -0.2) is 13.0 Å². The summed E-state index contributed by atoms with van der Waals surface area (Å²) >= 11 is 13.1. The summed E-state index contributed by atoms with van der Waals surface area (Å²) in [5, 5.41) is 0. The third kappa shape index (κ3) is 4.00. The van der Waals surface area contributed by atoms with Crippen LogP contribution < -0.4 is 4.74 Å². The molecule has 0 saturated carbocycles. The highest BCUT2D eigenvalue weighted by Crippen LogP contribution is 2.29. The molecule has 0 aliphatic heterocycles. The van der Waals surface area contributed by atoms with Gasteiger partial charge in [-0.25, -0.2) is 0 Å². The van der Waals surface area contributed by atoms with Crippen LogP contribution in [0.4, 0.5) is 0 Å². The zero-order valence-corrected chi connectivity index (χ0v) is 15.0. The molecule has 0 aromatic heterocycles. The maximum atomic E-state index is 6.14. The van der Waals surface area contributed by atoms with E-state index >= 15 is 0 Å². The monoisotopic (exact) mass is 416 g/mol. The molecule has 0 amide bonds. The first-order valence-electron chi connectivity index (χ1n) is 6.28. The van der Waals surface area contributed by atoms with Crippen LogP contribution in [0.1, 0.15) is 17.0 Å². The van der Waals surface area contributed by atoms with Gasteiger partial charge < -0.3 is 4.74 Å². The maximum Gasteiger partial charge on any atom is 0.133 e. The van der Waals surface area contributed by atoms with Crippen molar-refractivity contribution in [2.75, 3.05) is 13.0 Å². The van der Waals surface area contributed by atoms with Crippen LogP contribution in [0.3, 0.4) is 0 Å². The smallest absolute Gasteiger partial charge is 0.133 e. The topological polar surface area (TPSA) is 9.23 Å². The van der Waals surface area contributed by atoms with E-state index in [0.29, 0.717) is 11.8 Å². The van der Waals surface area contributed by atoms with E-state index in [4.69, 9.17) is 16.3 Å². The molecule has 1 unspecified atom stereocenters. The Kier molecular flexibility index (Phi) is 5.94. The number of hydrogen-bond donors (Lipinski definition) is 0. The Morgan fingerprint density at radius 2 is 1.80 bits per heavy atom. The van der Waals surface area contributed by atoms with Crippen molar-refractivity contribution in [2.24, 2.45) is 0 Å². The Bertz CT molecular complexity index is 569. The first-order chi connectivity index (χ1) is 9.63. The molecule has 1 nitrogen and oxygen atoms in total. The van der Waals surface area contributed by atoms with E-state index in [2.05, 4.69) is 68.3 Å². The average molecular weight is 419 g/mol. The largest absolute Gasteiger partial charge is 0.496 e. The SMILES string of the molecule is COc1ccc(CC(CCl)c2ccc(Br)cc2)cc1Br. The van der Waals surface area contributed by atoms with Gasteiger partial charge in [0, 0.05) is 16.3 Å². The van der Waals surface area contributed by atoms with Gasteiger partial charge in [-0.15, -0.1) is 11.6 Å². The predicted molar refractivity (Wildman–Crippen MR) is 92.0 cm³/mol. The maximum absolute atomic E-state index is 6.14. The summed E-state index contributed by atoms with van der Waals surface area (Å²) in [5.41, 5.74) is 2.50. The Morgan fingerprint density at radius 3 is 2.35 bits per heavy atom. The Hall–Kier alpha value is -0.510. The zero-order chi connectivity index (χ0) is 14.5. The number of methoxy groups -OCH3 is 1. The summed E-state index contributed by atoms with van der Waals surface area (Å²) < 4.78 is 7.31. The zero-order valence-electron chi connectivity index (χ0n) is 11.1.